The summed E-state index contributed by atoms with van der Waals surface area (Å²) < 4.78 is 5.37. The fourth-order valence-electron chi connectivity index (χ4n) is 1.97. The van der Waals surface area contributed by atoms with Gasteiger partial charge in [-0.3, -0.25) is 0 Å². The van der Waals surface area contributed by atoms with E-state index in [0.29, 0.717) is 11.3 Å². The normalized spacial score (nSPS) is 9.67. The van der Waals surface area contributed by atoms with Gasteiger partial charge in [-0.25, -0.2) is 19.6 Å². The molecule has 0 spiro atoms. The molecule has 2 aromatic heterocycles. The summed E-state index contributed by atoms with van der Waals surface area (Å²) in [5.41, 5.74) is 0.178. The van der Waals surface area contributed by atoms with Crippen LogP contribution in [0.15, 0.2) is 48.8 Å². The number of pyridine rings is 2. The third-order valence-electron chi connectivity index (χ3n) is 3.26. The molecule has 0 atom stereocenters. The third kappa shape index (κ3) is 6.32. The van der Waals surface area contributed by atoms with E-state index in [9.17, 15) is 9.59 Å². The van der Waals surface area contributed by atoms with Crippen LogP contribution in [0, 0.1) is 11.3 Å². The van der Waals surface area contributed by atoms with E-state index in [1.807, 2.05) is 6.07 Å². The van der Waals surface area contributed by atoms with Crippen molar-refractivity contribution < 1.29 is 24.5 Å². The molecule has 2 heterocycles. The molecule has 0 aliphatic rings. The molecule has 0 saturated heterocycles. The molecule has 152 valence electrons. The van der Waals surface area contributed by atoms with E-state index < -0.39 is 11.9 Å². The first-order chi connectivity index (χ1) is 14.2. The van der Waals surface area contributed by atoms with Gasteiger partial charge >= 0.3 is 11.9 Å². The van der Waals surface area contributed by atoms with Crippen LogP contribution in [0.2, 0.25) is 15.2 Å². The molecule has 0 bridgehead atoms. The molecule has 0 saturated carbocycles. The Morgan fingerprint density at radius 1 is 0.933 bits per heavy atom. The molecule has 0 fully saturated rings. The van der Waals surface area contributed by atoms with Gasteiger partial charge in [0, 0.05) is 12.4 Å². The van der Waals surface area contributed by atoms with Gasteiger partial charge in [0.25, 0.3) is 0 Å². The van der Waals surface area contributed by atoms with Crippen LogP contribution < -0.4 is 4.74 Å². The van der Waals surface area contributed by atoms with Crippen molar-refractivity contribution in [2.75, 3.05) is 0 Å². The number of carbonyl (C=O) groups is 2. The van der Waals surface area contributed by atoms with Crippen LogP contribution in [-0.4, -0.2) is 32.1 Å². The highest BCUT2D eigenvalue weighted by molar-refractivity contribution is 6.34. The number of nitrogens with zero attached hydrogens (tertiary/aromatic N) is 3. The first-order valence-electron chi connectivity index (χ1n) is 7.82. The number of rotatable bonds is 4. The highest BCUT2D eigenvalue weighted by Crippen LogP contribution is 2.25. The van der Waals surface area contributed by atoms with Crippen molar-refractivity contribution >= 4 is 46.7 Å². The van der Waals surface area contributed by atoms with E-state index in [-0.39, 0.29) is 32.2 Å². The van der Waals surface area contributed by atoms with Crippen LogP contribution in [0.1, 0.15) is 26.3 Å². The van der Waals surface area contributed by atoms with Crippen molar-refractivity contribution in [1.82, 2.24) is 9.97 Å². The lowest BCUT2D eigenvalue weighted by atomic mass is 10.2. The maximum Gasteiger partial charge on any atom is 0.341 e. The van der Waals surface area contributed by atoms with Crippen molar-refractivity contribution in [2.24, 2.45) is 0 Å². The standard InChI is InChI=1S/C13H7ClN2O3.C6H3Cl2NO2/c14-9-5-11(13(17)18)12(16-7-9)19-10-3-1-2-8(4-10)6-15;7-3-1-4(6(10)11)5(8)9-2-3/h1-5,7H,(H,17,18);1-2H,(H,10,11). The van der Waals surface area contributed by atoms with E-state index in [0.717, 1.165) is 0 Å². The minimum Gasteiger partial charge on any atom is -0.478 e. The average molecular weight is 467 g/mol. The first-order valence-corrected chi connectivity index (χ1v) is 8.96. The van der Waals surface area contributed by atoms with Crippen LogP contribution in [0.3, 0.4) is 0 Å². The van der Waals surface area contributed by atoms with Gasteiger partial charge in [0.05, 0.1) is 27.2 Å². The summed E-state index contributed by atoms with van der Waals surface area (Å²) in [4.78, 5) is 28.8. The topological polar surface area (TPSA) is 133 Å². The maximum absolute atomic E-state index is 11.1. The average Bonchev–Trinajstić information content (AvgIpc) is 2.71. The molecule has 11 heteroatoms. The highest BCUT2D eigenvalue weighted by Gasteiger charge is 2.14. The summed E-state index contributed by atoms with van der Waals surface area (Å²) >= 11 is 16.6. The van der Waals surface area contributed by atoms with Crippen molar-refractivity contribution in [3.05, 3.63) is 80.7 Å². The molecular weight excluding hydrogens is 457 g/mol. The van der Waals surface area contributed by atoms with Gasteiger partial charge in [0.15, 0.2) is 0 Å². The van der Waals surface area contributed by atoms with Crippen molar-refractivity contribution in [3.8, 4) is 17.7 Å². The number of aromatic carboxylic acids is 2. The van der Waals surface area contributed by atoms with E-state index in [4.69, 9.17) is 55.0 Å². The Labute approximate surface area is 184 Å². The molecule has 0 amide bonds. The molecular formula is C19H10Cl3N3O5. The lowest BCUT2D eigenvalue weighted by Crippen LogP contribution is -2.02. The number of hydrogen-bond donors (Lipinski definition) is 2. The Bertz CT molecular complexity index is 1150. The molecule has 0 unspecified atom stereocenters. The second kappa shape index (κ2) is 10.4. The zero-order chi connectivity index (χ0) is 22.3. The van der Waals surface area contributed by atoms with Crippen molar-refractivity contribution in [2.45, 2.75) is 0 Å². The van der Waals surface area contributed by atoms with Crippen LogP contribution in [0.25, 0.3) is 0 Å². The zero-order valence-corrected chi connectivity index (χ0v) is 17.0. The lowest BCUT2D eigenvalue weighted by molar-refractivity contribution is 0.0684. The smallest absolute Gasteiger partial charge is 0.341 e. The van der Waals surface area contributed by atoms with E-state index in [1.54, 1.807) is 18.2 Å². The number of hydrogen-bond acceptors (Lipinski definition) is 6. The SMILES string of the molecule is N#Cc1cccc(Oc2ncc(Cl)cc2C(=O)O)c1.O=C(O)c1cc(Cl)cnc1Cl. The predicted octanol–water partition coefficient (Wildman–Crippen LogP) is 5.18. The fourth-order valence-corrected chi connectivity index (χ4v) is 2.47. The summed E-state index contributed by atoms with van der Waals surface area (Å²) in [6.07, 6.45) is 2.58. The van der Waals surface area contributed by atoms with Gasteiger partial charge in [0.2, 0.25) is 5.88 Å². The molecule has 0 aliphatic carbocycles. The van der Waals surface area contributed by atoms with E-state index in [1.165, 1.54) is 30.6 Å². The van der Waals surface area contributed by atoms with Gasteiger partial charge in [-0.05, 0) is 30.3 Å². The monoisotopic (exact) mass is 465 g/mol. The summed E-state index contributed by atoms with van der Waals surface area (Å²) in [5.74, 6) is -2.07. The number of carboxylic acid groups (broad SMARTS) is 2. The fraction of sp³-hybridized carbons (Fsp3) is 0. The number of ether oxygens (including phenoxy) is 1. The first kappa shape index (κ1) is 22.9. The summed E-state index contributed by atoms with van der Waals surface area (Å²) in [7, 11) is 0. The Morgan fingerprint density at radius 2 is 1.53 bits per heavy atom. The second-order valence-electron chi connectivity index (χ2n) is 5.35. The molecule has 8 nitrogen and oxygen atoms in total. The van der Waals surface area contributed by atoms with Gasteiger partial charge in [-0.1, -0.05) is 40.9 Å². The molecule has 0 radical (unpaired) electrons. The Kier molecular flexibility index (Phi) is 7.95. The van der Waals surface area contributed by atoms with Gasteiger partial charge in [0.1, 0.15) is 16.5 Å². The predicted molar refractivity (Wildman–Crippen MR) is 109 cm³/mol. The minimum atomic E-state index is -1.19. The maximum atomic E-state index is 11.1. The van der Waals surface area contributed by atoms with Crippen molar-refractivity contribution in [3.63, 3.8) is 0 Å². The molecule has 3 aromatic rings. The van der Waals surface area contributed by atoms with E-state index in [2.05, 4.69) is 9.97 Å². The number of benzene rings is 1. The number of aromatic nitrogens is 2. The number of carboxylic acids is 2. The lowest BCUT2D eigenvalue weighted by Gasteiger charge is -2.07. The quantitative estimate of drug-likeness (QED) is 0.502. The molecule has 0 aliphatic heterocycles. The van der Waals surface area contributed by atoms with Gasteiger partial charge < -0.3 is 14.9 Å². The Morgan fingerprint density at radius 3 is 2.10 bits per heavy atom. The van der Waals surface area contributed by atoms with Gasteiger partial charge in [-0.15, -0.1) is 0 Å². The Hall–Kier alpha value is -3.38. The van der Waals surface area contributed by atoms with Crippen molar-refractivity contribution in [1.29, 1.82) is 5.26 Å². The molecule has 3 rings (SSSR count). The minimum absolute atomic E-state index is 0.0538. The summed E-state index contributed by atoms with van der Waals surface area (Å²) in [6, 6.07) is 10.8. The van der Waals surface area contributed by atoms with Crippen LogP contribution >= 0.6 is 34.8 Å². The zero-order valence-electron chi connectivity index (χ0n) is 14.7. The van der Waals surface area contributed by atoms with Crippen LogP contribution in [-0.2, 0) is 0 Å². The number of halogens is 3. The Balaban J connectivity index is 0.000000248. The molecule has 1 aromatic carbocycles. The van der Waals surface area contributed by atoms with E-state index >= 15 is 0 Å². The molecule has 2 N–H and O–H groups in total. The highest BCUT2D eigenvalue weighted by atomic mass is 35.5. The second-order valence-corrected chi connectivity index (χ2v) is 6.58. The number of nitriles is 1. The van der Waals surface area contributed by atoms with Crippen LogP contribution in [0.4, 0.5) is 0 Å². The summed E-state index contributed by atoms with van der Waals surface area (Å²) in [6.45, 7) is 0. The largest absolute Gasteiger partial charge is 0.478 e. The third-order valence-corrected chi connectivity index (χ3v) is 3.98. The van der Waals surface area contributed by atoms with Gasteiger partial charge in [-0.2, -0.15) is 5.26 Å². The molecule has 30 heavy (non-hydrogen) atoms. The summed E-state index contributed by atoms with van der Waals surface area (Å²) in [5, 5.41) is 26.7. The van der Waals surface area contributed by atoms with Crippen LogP contribution in [0.5, 0.6) is 11.6 Å².